The molecular weight excluding hydrogens is 346 g/mol. The van der Waals surface area contributed by atoms with Crippen LogP contribution in [0.25, 0.3) is 0 Å². The Kier molecular flexibility index (Phi) is 6.27. The Morgan fingerprint density at radius 3 is 2.92 bits per heavy atom. The summed E-state index contributed by atoms with van der Waals surface area (Å²) in [6, 6.07) is 8.09. The number of carbonyl (C=O) groups excluding carboxylic acids is 1. The average molecular weight is 374 g/mol. The van der Waals surface area contributed by atoms with Gasteiger partial charge in [0.1, 0.15) is 17.4 Å². The number of nitrogens with two attached hydrogens (primary N) is 1. The van der Waals surface area contributed by atoms with Crippen molar-refractivity contribution in [3.8, 4) is 5.75 Å². The Balaban J connectivity index is 1.51. The number of benzene rings is 1. The third-order valence-electron chi connectivity index (χ3n) is 4.87. The number of hydrogen-bond acceptors (Lipinski definition) is 5. The number of carbonyl (C=O) groups is 1. The summed E-state index contributed by atoms with van der Waals surface area (Å²) >= 11 is 1.54. The first-order valence-electron chi connectivity index (χ1n) is 9.17. The fourth-order valence-corrected chi connectivity index (χ4v) is 3.91. The van der Waals surface area contributed by atoms with E-state index in [2.05, 4.69) is 4.98 Å². The van der Waals surface area contributed by atoms with Gasteiger partial charge >= 0.3 is 0 Å². The van der Waals surface area contributed by atoms with Crippen LogP contribution in [0.4, 0.5) is 0 Å². The van der Waals surface area contributed by atoms with E-state index in [0.717, 1.165) is 42.4 Å². The first kappa shape index (κ1) is 18.9. The van der Waals surface area contributed by atoms with Crippen LogP contribution in [0.1, 0.15) is 36.0 Å². The molecule has 2 unspecified atom stereocenters. The van der Waals surface area contributed by atoms with Crippen LogP contribution in [0.3, 0.4) is 0 Å². The van der Waals surface area contributed by atoms with E-state index >= 15 is 0 Å². The zero-order chi connectivity index (χ0) is 18.5. The molecule has 6 heteroatoms. The highest BCUT2D eigenvalue weighted by Crippen LogP contribution is 2.20. The van der Waals surface area contributed by atoms with Crippen molar-refractivity contribution in [3.05, 3.63) is 45.9 Å². The van der Waals surface area contributed by atoms with Gasteiger partial charge in [-0.05, 0) is 44.7 Å². The number of aryl methyl sites for hydroxylation is 1. The van der Waals surface area contributed by atoms with Crippen LogP contribution in [0.2, 0.25) is 0 Å². The van der Waals surface area contributed by atoms with Crippen molar-refractivity contribution in [1.82, 2.24) is 9.88 Å². The maximum absolute atomic E-state index is 12.6. The monoisotopic (exact) mass is 373 g/mol. The quantitative estimate of drug-likeness (QED) is 0.844. The first-order valence-corrected chi connectivity index (χ1v) is 10.1. The number of likely N-dealkylation sites (tertiary alicyclic amines) is 1. The van der Waals surface area contributed by atoms with Crippen molar-refractivity contribution >= 4 is 17.2 Å². The van der Waals surface area contributed by atoms with E-state index in [1.165, 1.54) is 16.9 Å². The zero-order valence-corrected chi connectivity index (χ0v) is 16.3. The Hall–Kier alpha value is -1.92. The Morgan fingerprint density at radius 2 is 2.19 bits per heavy atom. The predicted molar refractivity (Wildman–Crippen MR) is 104 cm³/mol. The SMILES string of the molecule is Cc1ccc(OCc2nc(CC(=O)N3CCCC(C(C)N)C3)cs2)cc1. The molecule has 26 heavy (non-hydrogen) atoms. The number of thiazole rings is 1. The van der Waals surface area contributed by atoms with Crippen molar-refractivity contribution in [3.63, 3.8) is 0 Å². The van der Waals surface area contributed by atoms with E-state index < -0.39 is 0 Å². The number of amides is 1. The molecular formula is C20H27N3O2S. The summed E-state index contributed by atoms with van der Waals surface area (Å²) in [4.78, 5) is 19.1. The highest BCUT2D eigenvalue weighted by atomic mass is 32.1. The summed E-state index contributed by atoms with van der Waals surface area (Å²) in [5, 5.41) is 2.85. The summed E-state index contributed by atoms with van der Waals surface area (Å²) in [6.45, 7) is 6.10. The van der Waals surface area contributed by atoms with Gasteiger partial charge in [-0.3, -0.25) is 4.79 Å². The van der Waals surface area contributed by atoms with Crippen molar-refractivity contribution in [1.29, 1.82) is 0 Å². The smallest absolute Gasteiger partial charge is 0.228 e. The maximum Gasteiger partial charge on any atom is 0.228 e. The summed E-state index contributed by atoms with van der Waals surface area (Å²) in [5.41, 5.74) is 8.04. The van der Waals surface area contributed by atoms with Gasteiger partial charge in [0, 0.05) is 24.5 Å². The van der Waals surface area contributed by atoms with E-state index in [0.29, 0.717) is 18.9 Å². The molecule has 0 aliphatic carbocycles. The number of piperidine rings is 1. The molecule has 0 saturated carbocycles. The largest absolute Gasteiger partial charge is 0.486 e. The lowest BCUT2D eigenvalue weighted by Crippen LogP contribution is -2.45. The second-order valence-corrected chi connectivity index (χ2v) is 8.05. The first-order chi connectivity index (χ1) is 12.5. The van der Waals surface area contributed by atoms with Gasteiger partial charge in [0.25, 0.3) is 0 Å². The van der Waals surface area contributed by atoms with Gasteiger partial charge in [-0.25, -0.2) is 4.98 Å². The molecule has 2 aromatic rings. The third kappa shape index (κ3) is 5.05. The Morgan fingerprint density at radius 1 is 1.42 bits per heavy atom. The lowest BCUT2D eigenvalue weighted by atomic mass is 9.92. The molecule has 1 aromatic carbocycles. The molecule has 5 nitrogen and oxygen atoms in total. The highest BCUT2D eigenvalue weighted by molar-refractivity contribution is 7.09. The molecule has 0 radical (unpaired) electrons. The molecule has 1 saturated heterocycles. The topological polar surface area (TPSA) is 68.5 Å². The van der Waals surface area contributed by atoms with E-state index in [4.69, 9.17) is 10.5 Å². The molecule has 140 valence electrons. The van der Waals surface area contributed by atoms with Gasteiger partial charge in [0.15, 0.2) is 0 Å². The lowest BCUT2D eigenvalue weighted by molar-refractivity contribution is -0.132. The van der Waals surface area contributed by atoms with Crippen molar-refractivity contribution in [2.24, 2.45) is 11.7 Å². The summed E-state index contributed by atoms with van der Waals surface area (Å²) < 4.78 is 5.76. The highest BCUT2D eigenvalue weighted by Gasteiger charge is 2.26. The fraction of sp³-hybridized carbons (Fsp3) is 0.500. The number of nitrogens with zero attached hydrogens (tertiary/aromatic N) is 2. The van der Waals surface area contributed by atoms with E-state index in [1.54, 1.807) is 0 Å². The maximum atomic E-state index is 12.6. The lowest BCUT2D eigenvalue weighted by Gasteiger charge is -2.34. The normalized spacial score (nSPS) is 18.6. The van der Waals surface area contributed by atoms with Crippen molar-refractivity contribution in [2.75, 3.05) is 13.1 Å². The van der Waals surface area contributed by atoms with Gasteiger partial charge < -0.3 is 15.4 Å². The minimum Gasteiger partial charge on any atom is -0.486 e. The second kappa shape index (κ2) is 8.64. The molecule has 0 bridgehead atoms. The van der Waals surface area contributed by atoms with Gasteiger partial charge in [-0.15, -0.1) is 11.3 Å². The Bertz CT molecular complexity index is 727. The molecule has 1 aliphatic heterocycles. The van der Waals surface area contributed by atoms with Crippen LogP contribution in [0, 0.1) is 12.8 Å². The van der Waals surface area contributed by atoms with Crippen LogP contribution < -0.4 is 10.5 Å². The summed E-state index contributed by atoms with van der Waals surface area (Å²) in [5.74, 6) is 1.38. The van der Waals surface area contributed by atoms with Gasteiger partial charge in [0.05, 0.1) is 12.1 Å². The molecule has 1 aromatic heterocycles. The molecule has 2 heterocycles. The van der Waals surface area contributed by atoms with Crippen LogP contribution in [-0.4, -0.2) is 34.9 Å². The number of ether oxygens (including phenoxy) is 1. The second-order valence-electron chi connectivity index (χ2n) is 7.11. The molecule has 2 atom stereocenters. The molecule has 2 N–H and O–H groups in total. The summed E-state index contributed by atoms with van der Waals surface area (Å²) in [6.07, 6.45) is 2.50. The van der Waals surface area contributed by atoms with E-state index in [9.17, 15) is 4.79 Å². The fourth-order valence-electron chi connectivity index (χ4n) is 3.21. The van der Waals surface area contributed by atoms with Gasteiger partial charge in [0.2, 0.25) is 5.91 Å². The third-order valence-corrected chi connectivity index (χ3v) is 5.74. The average Bonchev–Trinajstić information content (AvgIpc) is 3.08. The van der Waals surface area contributed by atoms with Gasteiger partial charge in [-0.1, -0.05) is 17.7 Å². The van der Waals surface area contributed by atoms with E-state index in [-0.39, 0.29) is 11.9 Å². The van der Waals surface area contributed by atoms with Crippen LogP contribution in [0.15, 0.2) is 29.6 Å². The number of rotatable bonds is 6. The summed E-state index contributed by atoms with van der Waals surface area (Å²) in [7, 11) is 0. The molecule has 0 spiro atoms. The van der Waals surface area contributed by atoms with Crippen molar-refractivity contribution in [2.45, 2.75) is 45.8 Å². The number of hydrogen-bond donors (Lipinski definition) is 1. The standard InChI is InChI=1S/C20H27N3O2S/c1-14-5-7-18(8-6-14)25-12-19-22-17(13-26-19)10-20(24)23-9-3-4-16(11-23)15(2)21/h5-8,13,15-16H,3-4,9-12,21H2,1-2H3. The van der Waals surface area contributed by atoms with Crippen molar-refractivity contribution < 1.29 is 9.53 Å². The van der Waals surface area contributed by atoms with Gasteiger partial charge in [-0.2, -0.15) is 0 Å². The Labute approximate surface area is 159 Å². The van der Waals surface area contributed by atoms with E-state index in [1.807, 2.05) is 48.4 Å². The molecule has 1 fully saturated rings. The minimum absolute atomic E-state index is 0.135. The predicted octanol–water partition coefficient (Wildman–Crippen LogP) is 3.16. The number of aromatic nitrogens is 1. The minimum atomic E-state index is 0.135. The molecule has 1 aliphatic rings. The van der Waals surface area contributed by atoms with Crippen LogP contribution in [0.5, 0.6) is 5.75 Å². The molecule has 1 amide bonds. The molecule has 3 rings (SSSR count). The zero-order valence-electron chi connectivity index (χ0n) is 15.5. The van der Waals surface area contributed by atoms with Crippen LogP contribution in [-0.2, 0) is 17.8 Å². The van der Waals surface area contributed by atoms with Crippen LogP contribution >= 0.6 is 11.3 Å².